The van der Waals surface area contributed by atoms with E-state index < -0.39 is 0 Å². The van der Waals surface area contributed by atoms with E-state index in [4.69, 9.17) is 0 Å². The van der Waals surface area contributed by atoms with E-state index in [1.807, 2.05) is 0 Å². The van der Waals surface area contributed by atoms with Crippen LogP contribution in [0, 0.1) is 40.4 Å². The third-order valence-electron chi connectivity index (χ3n) is 15.1. The van der Waals surface area contributed by atoms with E-state index in [0.717, 1.165) is 19.3 Å². The molecule has 0 heterocycles. The molecule has 0 aromatic heterocycles. The van der Waals surface area contributed by atoms with E-state index in [1.54, 1.807) is 55.7 Å². The second kappa shape index (κ2) is 18.0. The molecule has 2 atom stereocenters. The van der Waals surface area contributed by atoms with Crippen molar-refractivity contribution in [3.8, 4) is 0 Å². The van der Waals surface area contributed by atoms with Gasteiger partial charge in [0.1, 0.15) is 0 Å². The van der Waals surface area contributed by atoms with Crippen molar-refractivity contribution in [2.24, 2.45) is 27.6 Å². The Morgan fingerprint density at radius 1 is 0.789 bits per heavy atom. The van der Waals surface area contributed by atoms with Crippen LogP contribution in [0.4, 0.5) is 0 Å². The van der Waals surface area contributed by atoms with Crippen LogP contribution in [0.15, 0.2) is 132 Å². The average molecular weight is 877 g/mol. The minimum absolute atomic E-state index is 0. The Labute approximate surface area is 374 Å². The normalized spacial score (nSPS) is 21.9. The second-order valence-corrected chi connectivity index (χ2v) is 21.3. The molecule has 57 heavy (non-hydrogen) atoms. The first kappa shape index (κ1) is 47.1. The maximum absolute atomic E-state index is 2.62. The molecule has 0 amide bonds. The molecule has 2 unspecified atom stereocenters. The summed E-state index contributed by atoms with van der Waals surface area (Å²) in [7, 11) is 0. The number of aryl methyl sites for hydroxylation is 1. The first-order valence-electron chi connectivity index (χ1n) is 20.8. The molecule has 0 N–H and O–H groups in total. The van der Waals surface area contributed by atoms with E-state index >= 15 is 0 Å². The fourth-order valence-electron chi connectivity index (χ4n) is 10.3. The van der Waals surface area contributed by atoms with Gasteiger partial charge in [-0.25, -0.2) is 12.0 Å². The first-order chi connectivity index (χ1) is 25.8. The molecule has 3 heteroatoms. The third-order valence-corrected chi connectivity index (χ3v) is 16.0. The molecule has 0 bridgehead atoms. The molecular weight excluding hydrogens is 811 g/mol. The average Bonchev–Trinajstić information content (AvgIpc) is 3.76. The number of hydrogen-bond acceptors (Lipinski definition) is 0. The van der Waals surface area contributed by atoms with Gasteiger partial charge in [-0.3, -0.25) is 0 Å². The van der Waals surface area contributed by atoms with Crippen LogP contribution in [-0.2, 0) is 48.9 Å². The van der Waals surface area contributed by atoms with Crippen LogP contribution in [0.25, 0.3) is 5.57 Å². The molecular formula is C54H66Cl2Zr-2. The van der Waals surface area contributed by atoms with Gasteiger partial charge < -0.3 is 24.8 Å². The van der Waals surface area contributed by atoms with Crippen LogP contribution in [0.3, 0.4) is 0 Å². The predicted molar refractivity (Wildman–Crippen MR) is 235 cm³/mol. The molecule has 0 spiro atoms. The predicted octanol–water partition coefficient (Wildman–Crippen LogP) is 8.18. The molecule has 4 aromatic rings. The zero-order chi connectivity index (χ0) is 40.0. The van der Waals surface area contributed by atoms with E-state index in [-0.39, 0.29) is 46.5 Å². The molecule has 4 aliphatic carbocycles. The summed E-state index contributed by atoms with van der Waals surface area (Å²) in [4.78, 5) is 0. The number of rotatable bonds is 4. The number of halogens is 2. The van der Waals surface area contributed by atoms with Crippen LogP contribution in [0.1, 0.15) is 122 Å². The quantitative estimate of drug-likeness (QED) is 0.182. The zero-order valence-corrected chi connectivity index (χ0v) is 40.8. The maximum atomic E-state index is 2.62. The van der Waals surface area contributed by atoms with Gasteiger partial charge in [-0.05, 0) is 40.6 Å². The van der Waals surface area contributed by atoms with Gasteiger partial charge in [0.25, 0.3) is 0 Å². The topological polar surface area (TPSA) is 0 Å². The summed E-state index contributed by atoms with van der Waals surface area (Å²) in [5.74, 6) is 2.24. The number of hydrogen-bond donors (Lipinski definition) is 0. The van der Waals surface area contributed by atoms with Crippen LogP contribution >= 0.6 is 0 Å². The number of allylic oxidation sites excluding steroid dienone is 6. The van der Waals surface area contributed by atoms with E-state index in [0.29, 0.717) is 11.3 Å². The summed E-state index contributed by atoms with van der Waals surface area (Å²) in [5, 5.41) is 0. The Bertz CT molecular complexity index is 2050. The Hall–Kier alpha value is -2.57. The minimum atomic E-state index is 0. The SMILES string of the molecule is C[C-]1C2=C3Cc4ccccc4C3=C3C=CCCC3C2(C)C(C)(C)C(C)(C)C1(C)C.Cc1cc(C(C)(C)C)c[cH-]1.[Cl-].[Cl-].[Zr+2]=[C](Cc1ccccc1)Cc1ccccc1. The summed E-state index contributed by atoms with van der Waals surface area (Å²) < 4.78 is 1.60. The van der Waals surface area contributed by atoms with Gasteiger partial charge in [0.2, 0.25) is 0 Å². The van der Waals surface area contributed by atoms with Gasteiger partial charge in [-0.15, -0.1) is 6.92 Å². The summed E-state index contributed by atoms with van der Waals surface area (Å²) in [6, 6.07) is 37.2. The van der Waals surface area contributed by atoms with Gasteiger partial charge in [0, 0.05) is 0 Å². The molecule has 1 saturated carbocycles. The second-order valence-electron chi connectivity index (χ2n) is 19.6. The molecule has 302 valence electrons. The summed E-state index contributed by atoms with van der Waals surface area (Å²) in [6.45, 7) is 29.1. The Balaban J connectivity index is 0.000000217. The summed E-state index contributed by atoms with van der Waals surface area (Å²) in [5.41, 5.74) is 16.3. The summed E-state index contributed by atoms with van der Waals surface area (Å²) >= 11 is 1.55. The fraction of sp³-hybridized carbons (Fsp3) is 0.426. The van der Waals surface area contributed by atoms with Gasteiger partial charge >= 0.3 is 112 Å². The van der Waals surface area contributed by atoms with Gasteiger partial charge in [0.15, 0.2) is 0 Å². The van der Waals surface area contributed by atoms with Crippen molar-refractivity contribution < 1.29 is 49.0 Å². The van der Waals surface area contributed by atoms with Gasteiger partial charge in [-0.2, -0.15) is 34.4 Å². The van der Waals surface area contributed by atoms with Crippen LogP contribution in [-0.4, -0.2) is 3.21 Å². The van der Waals surface area contributed by atoms with Crippen molar-refractivity contribution >= 4 is 8.78 Å². The van der Waals surface area contributed by atoms with Crippen molar-refractivity contribution in [1.82, 2.24) is 0 Å². The fourth-order valence-corrected chi connectivity index (χ4v) is 11.3. The molecule has 0 radical (unpaired) electrons. The standard InChI is InChI=1S/C29H37.C15H14.C10H15.2ClH.Zr/c1-18-25-22-17-19-13-9-10-14-20(19)24(22)21-15-11-12-16-23(21)29(25,8)28(6,7)27(4,5)26(18,2)3;1-3-8-14(9-4-1)12-7-13-15-10-5-2-6-11-15;1-8-5-6-9(7-8)10(2,3)4;;;/h9-11,13-15,23H,12,16-17H2,1-8H3;1-6,8-11H,12-13H2;5-7H,1-4H3;2*1H;/q-1;;-1;;;+2/p-2. The van der Waals surface area contributed by atoms with E-state index in [1.165, 1.54) is 46.2 Å². The zero-order valence-electron chi connectivity index (χ0n) is 36.8. The molecule has 0 nitrogen and oxygen atoms in total. The Kier molecular flexibility index (Phi) is 14.8. The van der Waals surface area contributed by atoms with Crippen LogP contribution in [0.2, 0.25) is 0 Å². The molecule has 0 aliphatic heterocycles. The van der Waals surface area contributed by atoms with Crippen molar-refractivity contribution in [3.05, 3.63) is 171 Å². The molecule has 4 aliphatic rings. The monoisotopic (exact) mass is 874 g/mol. The molecule has 0 saturated heterocycles. The van der Waals surface area contributed by atoms with Crippen LogP contribution < -0.4 is 24.8 Å². The number of fused-ring (bicyclic) bond motifs is 6. The van der Waals surface area contributed by atoms with Crippen LogP contribution in [0.5, 0.6) is 0 Å². The van der Waals surface area contributed by atoms with E-state index in [9.17, 15) is 0 Å². The third kappa shape index (κ3) is 8.70. The summed E-state index contributed by atoms with van der Waals surface area (Å²) in [6.07, 6.45) is 10.7. The molecule has 1 fully saturated rings. The van der Waals surface area contributed by atoms with Crippen molar-refractivity contribution in [2.45, 2.75) is 121 Å². The first-order valence-corrected chi connectivity index (χ1v) is 22.0. The molecule has 4 aromatic carbocycles. The Morgan fingerprint density at radius 3 is 1.84 bits per heavy atom. The van der Waals surface area contributed by atoms with Gasteiger partial charge in [-0.1, -0.05) is 147 Å². The number of benzene rings is 3. The van der Waals surface area contributed by atoms with Crippen molar-refractivity contribution in [2.75, 3.05) is 0 Å². The Morgan fingerprint density at radius 2 is 1.33 bits per heavy atom. The van der Waals surface area contributed by atoms with Crippen molar-refractivity contribution in [1.29, 1.82) is 0 Å². The molecule has 8 rings (SSSR count). The van der Waals surface area contributed by atoms with E-state index in [2.05, 4.69) is 198 Å². The van der Waals surface area contributed by atoms with Gasteiger partial charge in [0.05, 0.1) is 0 Å². The van der Waals surface area contributed by atoms with Crippen molar-refractivity contribution in [3.63, 3.8) is 0 Å².